The van der Waals surface area contributed by atoms with Crippen molar-refractivity contribution < 1.29 is 4.39 Å². The maximum Gasteiger partial charge on any atom is 0.149 e. The van der Waals surface area contributed by atoms with Gasteiger partial charge in [-0.05, 0) is 23.8 Å². The van der Waals surface area contributed by atoms with Crippen molar-refractivity contribution in [1.82, 2.24) is 9.88 Å². The Balaban J connectivity index is 1.87. The average Bonchev–Trinajstić information content (AvgIpc) is 3.06. The number of para-hydroxylation sites is 1. The van der Waals surface area contributed by atoms with E-state index in [1.807, 2.05) is 36.2 Å². The summed E-state index contributed by atoms with van der Waals surface area (Å²) in [5.74, 6) is 0.107. The van der Waals surface area contributed by atoms with Crippen LogP contribution in [-0.2, 0) is 0 Å². The highest BCUT2D eigenvalue weighted by Gasteiger charge is 2.18. The largest absolute Gasteiger partial charge is 0.395 e. The minimum absolute atomic E-state index is 0.259. The maximum atomic E-state index is 13.2. The molecule has 0 radical (unpaired) electrons. The molecule has 5 N–H and O–H groups in total. The van der Waals surface area contributed by atoms with Crippen molar-refractivity contribution in [2.24, 2.45) is 16.5 Å². The van der Waals surface area contributed by atoms with E-state index in [4.69, 9.17) is 11.5 Å². The summed E-state index contributed by atoms with van der Waals surface area (Å²) in [6.45, 7) is 0. The second-order valence-corrected chi connectivity index (χ2v) is 6.15. The fourth-order valence-corrected chi connectivity index (χ4v) is 3.16. The zero-order valence-electron chi connectivity index (χ0n) is 14.2. The van der Waals surface area contributed by atoms with E-state index in [0.717, 1.165) is 27.7 Å². The summed E-state index contributed by atoms with van der Waals surface area (Å²) in [7, 11) is 1.87. The zero-order valence-corrected chi connectivity index (χ0v) is 14.2. The summed E-state index contributed by atoms with van der Waals surface area (Å²) in [5.41, 5.74) is 17.2. The standard InChI is InChI=1S/C20H18FN5/c1-26-10-9-24-20(23)19(26)17(22)16-11-13-3-2-4-15(18(13)25-16)12-5-7-14(21)8-6-12/h2-11,25H,22H2,1H3,(H2,23,24)/b19-17-. The highest BCUT2D eigenvalue weighted by atomic mass is 19.1. The van der Waals surface area contributed by atoms with Crippen LogP contribution in [0, 0.1) is 5.82 Å². The van der Waals surface area contributed by atoms with Crippen LogP contribution in [0.25, 0.3) is 27.7 Å². The first-order valence-corrected chi connectivity index (χ1v) is 8.15. The summed E-state index contributed by atoms with van der Waals surface area (Å²) >= 11 is 0. The van der Waals surface area contributed by atoms with Gasteiger partial charge in [0.1, 0.15) is 17.3 Å². The first-order chi connectivity index (χ1) is 12.5. The molecule has 1 aliphatic rings. The molecule has 6 heteroatoms. The number of benzene rings is 2. The first-order valence-electron chi connectivity index (χ1n) is 8.15. The predicted octanol–water partition coefficient (Wildman–Crippen LogP) is 3.38. The molecule has 2 aromatic carbocycles. The fraction of sp³-hybridized carbons (Fsp3) is 0.0500. The normalized spacial score (nSPS) is 16.1. The Kier molecular flexibility index (Phi) is 3.73. The number of hydrogen-bond acceptors (Lipinski definition) is 4. The number of nitrogens with zero attached hydrogens (tertiary/aromatic N) is 2. The number of aromatic nitrogens is 1. The van der Waals surface area contributed by atoms with Crippen LogP contribution in [0.3, 0.4) is 0 Å². The third-order valence-electron chi connectivity index (χ3n) is 4.46. The Morgan fingerprint density at radius 3 is 2.65 bits per heavy atom. The molecule has 5 nitrogen and oxygen atoms in total. The van der Waals surface area contributed by atoms with Crippen molar-refractivity contribution in [3.05, 3.63) is 78.1 Å². The Bertz CT molecular complexity index is 1070. The molecule has 0 spiro atoms. The summed E-state index contributed by atoms with van der Waals surface area (Å²) in [5, 5.41) is 1.01. The number of nitrogens with one attached hydrogen (secondary N) is 1. The molecule has 1 aliphatic heterocycles. The molecule has 0 saturated carbocycles. The van der Waals surface area contributed by atoms with Crippen LogP contribution < -0.4 is 11.5 Å². The Hall–Kier alpha value is -3.54. The van der Waals surface area contributed by atoms with Gasteiger partial charge in [0.05, 0.1) is 16.9 Å². The molecule has 0 amide bonds. The van der Waals surface area contributed by atoms with Gasteiger partial charge in [0.2, 0.25) is 0 Å². The van der Waals surface area contributed by atoms with Gasteiger partial charge in [-0.15, -0.1) is 0 Å². The molecule has 130 valence electrons. The van der Waals surface area contributed by atoms with E-state index in [0.29, 0.717) is 17.2 Å². The second-order valence-electron chi connectivity index (χ2n) is 6.15. The van der Waals surface area contributed by atoms with Gasteiger partial charge in [-0.3, -0.25) is 0 Å². The summed E-state index contributed by atoms with van der Waals surface area (Å²) in [6.07, 6.45) is 3.43. The molecule has 3 aromatic rings. The van der Waals surface area contributed by atoms with Gasteiger partial charge in [0.15, 0.2) is 0 Å². The number of rotatable bonds is 2. The molecule has 0 saturated heterocycles. The topological polar surface area (TPSA) is 83.4 Å². The lowest BCUT2D eigenvalue weighted by Crippen LogP contribution is -2.30. The molecule has 1 aromatic heterocycles. The van der Waals surface area contributed by atoms with Crippen LogP contribution in [0.15, 0.2) is 71.6 Å². The number of fused-ring (bicyclic) bond motifs is 1. The average molecular weight is 347 g/mol. The zero-order chi connectivity index (χ0) is 18.3. The van der Waals surface area contributed by atoms with Gasteiger partial charge in [-0.1, -0.05) is 30.3 Å². The molecule has 26 heavy (non-hydrogen) atoms. The van der Waals surface area contributed by atoms with Gasteiger partial charge in [0, 0.05) is 30.4 Å². The van der Waals surface area contributed by atoms with Crippen LogP contribution in [-0.4, -0.2) is 22.8 Å². The van der Waals surface area contributed by atoms with Crippen LogP contribution in [0.1, 0.15) is 5.69 Å². The predicted molar refractivity (Wildman–Crippen MR) is 103 cm³/mol. The Morgan fingerprint density at radius 2 is 1.92 bits per heavy atom. The lowest BCUT2D eigenvalue weighted by Gasteiger charge is -2.22. The van der Waals surface area contributed by atoms with E-state index in [1.54, 1.807) is 24.5 Å². The van der Waals surface area contributed by atoms with Crippen molar-refractivity contribution in [2.75, 3.05) is 7.05 Å². The number of aromatic amines is 1. The van der Waals surface area contributed by atoms with E-state index in [-0.39, 0.29) is 5.82 Å². The third kappa shape index (κ3) is 2.61. The first kappa shape index (κ1) is 16.0. The van der Waals surface area contributed by atoms with E-state index in [1.165, 1.54) is 12.1 Å². The Labute approximate surface area is 150 Å². The van der Waals surface area contributed by atoms with E-state index in [2.05, 4.69) is 9.98 Å². The summed E-state index contributed by atoms with van der Waals surface area (Å²) in [6, 6.07) is 14.4. The number of likely N-dealkylation sites (N-methyl/N-ethyl adjacent to an activating group) is 1. The van der Waals surface area contributed by atoms with E-state index in [9.17, 15) is 4.39 Å². The molecule has 0 aliphatic carbocycles. The molecule has 2 heterocycles. The molecule has 0 unspecified atom stereocenters. The SMILES string of the molecule is CN1C=CN=C(N)/C1=C(/N)c1cc2cccc(-c3ccc(F)cc3)c2[nH]1. The van der Waals surface area contributed by atoms with Crippen molar-refractivity contribution in [3.63, 3.8) is 0 Å². The highest BCUT2D eigenvalue weighted by molar-refractivity contribution is 6.05. The van der Waals surface area contributed by atoms with E-state index < -0.39 is 0 Å². The van der Waals surface area contributed by atoms with Crippen LogP contribution >= 0.6 is 0 Å². The fourth-order valence-electron chi connectivity index (χ4n) is 3.16. The monoisotopic (exact) mass is 347 g/mol. The van der Waals surface area contributed by atoms with E-state index >= 15 is 0 Å². The second kappa shape index (κ2) is 6.07. The molecular weight excluding hydrogens is 329 g/mol. The lowest BCUT2D eigenvalue weighted by atomic mass is 10.0. The van der Waals surface area contributed by atoms with Crippen LogP contribution in [0.2, 0.25) is 0 Å². The van der Waals surface area contributed by atoms with Gasteiger partial charge in [0.25, 0.3) is 0 Å². The van der Waals surface area contributed by atoms with Gasteiger partial charge in [-0.2, -0.15) is 0 Å². The number of halogens is 1. The number of amidine groups is 1. The highest BCUT2D eigenvalue weighted by Crippen LogP contribution is 2.30. The van der Waals surface area contributed by atoms with Gasteiger partial charge < -0.3 is 21.4 Å². The third-order valence-corrected chi connectivity index (χ3v) is 4.46. The number of aliphatic imine (C=N–C) groups is 1. The van der Waals surface area contributed by atoms with Crippen molar-refractivity contribution >= 4 is 22.4 Å². The molecule has 4 rings (SSSR count). The van der Waals surface area contributed by atoms with Crippen molar-refractivity contribution in [1.29, 1.82) is 0 Å². The summed E-state index contributed by atoms with van der Waals surface area (Å²) in [4.78, 5) is 9.34. The maximum absolute atomic E-state index is 13.2. The molecule has 0 fully saturated rings. The quantitative estimate of drug-likeness (QED) is 0.664. The molecule has 0 atom stereocenters. The van der Waals surface area contributed by atoms with Crippen LogP contribution in [0.5, 0.6) is 0 Å². The number of H-pyrrole nitrogens is 1. The number of hydrogen-bond donors (Lipinski definition) is 3. The van der Waals surface area contributed by atoms with Gasteiger partial charge in [-0.25, -0.2) is 9.38 Å². The Morgan fingerprint density at radius 1 is 1.15 bits per heavy atom. The smallest absolute Gasteiger partial charge is 0.149 e. The van der Waals surface area contributed by atoms with Crippen molar-refractivity contribution in [2.45, 2.75) is 0 Å². The molecular formula is C20H18FN5. The minimum atomic E-state index is -0.259. The number of nitrogens with two attached hydrogens (primary N) is 2. The molecule has 0 bridgehead atoms. The summed E-state index contributed by atoms with van der Waals surface area (Å²) < 4.78 is 13.2. The van der Waals surface area contributed by atoms with Gasteiger partial charge >= 0.3 is 0 Å². The van der Waals surface area contributed by atoms with Crippen molar-refractivity contribution in [3.8, 4) is 11.1 Å². The van der Waals surface area contributed by atoms with Crippen LogP contribution in [0.4, 0.5) is 4.39 Å². The lowest BCUT2D eigenvalue weighted by molar-refractivity contribution is 0.590. The minimum Gasteiger partial charge on any atom is -0.395 e.